The molecule has 4 nitrogen and oxygen atoms in total. The molecule has 0 radical (unpaired) electrons. The summed E-state index contributed by atoms with van der Waals surface area (Å²) in [7, 11) is 1.31. The quantitative estimate of drug-likeness (QED) is 0.808. The first kappa shape index (κ1) is 14.6. The second-order valence-electron chi connectivity index (χ2n) is 4.75. The van der Waals surface area contributed by atoms with E-state index >= 15 is 0 Å². The van der Waals surface area contributed by atoms with Crippen molar-refractivity contribution in [1.29, 1.82) is 0 Å². The van der Waals surface area contributed by atoms with Crippen molar-refractivity contribution in [2.24, 2.45) is 0 Å². The third kappa shape index (κ3) is 2.70. The minimum Gasteiger partial charge on any atom is -0.490 e. The number of hydrogen-bond donors (Lipinski definition) is 0. The van der Waals surface area contributed by atoms with E-state index in [4.69, 9.17) is 21.1 Å². The summed E-state index contributed by atoms with van der Waals surface area (Å²) in [5.41, 5.74) is 1.72. The van der Waals surface area contributed by atoms with Crippen LogP contribution in [0.25, 0.3) is 10.9 Å². The molecule has 0 bridgehead atoms. The Morgan fingerprint density at radius 3 is 2.65 bits per heavy atom. The first-order chi connectivity index (χ1) is 9.43. The summed E-state index contributed by atoms with van der Waals surface area (Å²) < 4.78 is 10.5. The Balaban J connectivity index is 2.77. The molecule has 0 saturated heterocycles. The molecule has 0 amide bonds. The first-order valence-electron chi connectivity index (χ1n) is 6.29. The maximum atomic E-state index is 11.7. The van der Waals surface area contributed by atoms with Gasteiger partial charge in [0.25, 0.3) is 0 Å². The van der Waals surface area contributed by atoms with Crippen LogP contribution in [-0.2, 0) is 4.74 Å². The second kappa shape index (κ2) is 5.67. The van der Waals surface area contributed by atoms with Crippen molar-refractivity contribution in [2.75, 3.05) is 7.11 Å². The summed E-state index contributed by atoms with van der Waals surface area (Å²) in [6.45, 7) is 5.79. The summed E-state index contributed by atoms with van der Waals surface area (Å²) in [5.74, 6) is 0.0727. The fourth-order valence-corrected chi connectivity index (χ4v) is 2.19. The lowest BCUT2D eigenvalue weighted by Crippen LogP contribution is -2.10. The van der Waals surface area contributed by atoms with Crippen molar-refractivity contribution in [2.45, 2.75) is 26.9 Å². The zero-order valence-corrected chi connectivity index (χ0v) is 12.6. The number of fused-ring (bicyclic) bond motifs is 1. The van der Waals surface area contributed by atoms with Gasteiger partial charge < -0.3 is 9.47 Å². The number of esters is 1. The van der Waals surface area contributed by atoms with Crippen molar-refractivity contribution in [3.05, 3.63) is 34.5 Å². The monoisotopic (exact) mass is 293 g/mol. The Bertz CT molecular complexity index is 668. The van der Waals surface area contributed by atoms with Crippen LogP contribution < -0.4 is 4.74 Å². The van der Waals surface area contributed by atoms with Gasteiger partial charge in [0, 0.05) is 11.5 Å². The first-order valence-corrected chi connectivity index (χ1v) is 6.66. The Hall–Kier alpha value is -1.81. The molecule has 1 heterocycles. The Morgan fingerprint density at radius 1 is 1.35 bits per heavy atom. The van der Waals surface area contributed by atoms with Gasteiger partial charge in [-0.1, -0.05) is 17.7 Å². The zero-order chi connectivity index (χ0) is 14.9. The third-order valence-corrected chi connectivity index (χ3v) is 3.15. The zero-order valence-electron chi connectivity index (χ0n) is 11.9. The number of pyridine rings is 1. The number of ether oxygens (including phenoxy) is 2. The van der Waals surface area contributed by atoms with Crippen molar-refractivity contribution in [1.82, 2.24) is 4.98 Å². The van der Waals surface area contributed by atoms with Crippen LogP contribution in [0, 0.1) is 6.92 Å². The number of rotatable bonds is 3. The average molecular weight is 294 g/mol. The molecule has 0 aliphatic rings. The Labute approximate surface area is 122 Å². The summed E-state index contributed by atoms with van der Waals surface area (Å²) in [6, 6.07) is 5.25. The molecule has 106 valence electrons. The van der Waals surface area contributed by atoms with Crippen molar-refractivity contribution >= 4 is 28.5 Å². The summed E-state index contributed by atoms with van der Waals surface area (Å²) in [4.78, 5) is 16.0. The molecule has 0 N–H and O–H groups in total. The van der Waals surface area contributed by atoms with Gasteiger partial charge in [0.15, 0.2) is 5.69 Å². The van der Waals surface area contributed by atoms with Gasteiger partial charge in [0.05, 0.1) is 23.8 Å². The van der Waals surface area contributed by atoms with Crippen molar-refractivity contribution < 1.29 is 14.3 Å². The smallest absolute Gasteiger partial charge is 0.356 e. The van der Waals surface area contributed by atoms with Crippen LogP contribution >= 0.6 is 11.6 Å². The number of carbonyl (C=O) groups is 1. The minimum absolute atomic E-state index is 0.0236. The van der Waals surface area contributed by atoms with E-state index in [1.165, 1.54) is 7.11 Å². The van der Waals surface area contributed by atoms with Crippen LogP contribution in [0.1, 0.15) is 29.9 Å². The normalized spacial score (nSPS) is 10.9. The number of benzene rings is 1. The lowest BCUT2D eigenvalue weighted by molar-refractivity contribution is 0.0593. The van der Waals surface area contributed by atoms with Crippen LogP contribution in [0.2, 0.25) is 5.02 Å². The number of methoxy groups -OCH3 is 1. The molecule has 1 aromatic heterocycles. The highest BCUT2D eigenvalue weighted by Crippen LogP contribution is 2.33. The molecule has 2 rings (SSSR count). The number of hydrogen-bond acceptors (Lipinski definition) is 4. The van der Waals surface area contributed by atoms with Gasteiger partial charge in [0.1, 0.15) is 5.75 Å². The van der Waals surface area contributed by atoms with E-state index in [2.05, 4.69) is 4.98 Å². The summed E-state index contributed by atoms with van der Waals surface area (Å²) in [5, 5.41) is 1.30. The number of carbonyl (C=O) groups excluding carboxylic acids is 1. The molecule has 0 saturated carbocycles. The molecule has 0 fully saturated rings. The standard InChI is InChI=1S/C15H16ClNO3/c1-8(2)20-12-7-11(15(18)19-4)17-14-10(16)6-5-9(3)13(12)14/h5-8H,1-4H3. The highest BCUT2D eigenvalue weighted by Gasteiger charge is 2.17. The lowest BCUT2D eigenvalue weighted by Gasteiger charge is -2.15. The number of nitrogens with zero attached hydrogens (tertiary/aromatic N) is 1. The largest absolute Gasteiger partial charge is 0.490 e. The maximum absolute atomic E-state index is 11.7. The van der Waals surface area contributed by atoms with Crippen LogP contribution in [-0.4, -0.2) is 24.2 Å². The average Bonchev–Trinajstić information content (AvgIpc) is 2.41. The highest BCUT2D eigenvalue weighted by molar-refractivity contribution is 6.35. The summed E-state index contributed by atoms with van der Waals surface area (Å²) >= 11 is 6.19. The molecule has 0 atom stereocenters. The number of aryl methyl sites for hydroxylation is 1. The highest BCUT2D eigenvalue weighted by atomic mass is 35.5. The molecule has 0 aliphatic heterocycles. The molecule has 0 unspecified atom stereocenters. The van der Waals surface area contributed by atoms with Crippen LogP contribution in [0.15, 0.2) is 18.2 Å². The molecule has 0 spiro atoms. The van der Waals surface area contributed by atoms with Crippen LogP contribution in [0.4, 0.5) is 0 Å². The SMILES string of the molecule is COC(=O)c1cc(OC(C)C)c2c(C)ccc(Cl)c2n1. The topological polar surface area (TPSA) is 48.4 Å². The predicted molar refractivity (Wildman–Crippen MR) is 78.6 cm³/mol. The van der Waals surface area contributed by atoms with E-state index < -0.39 is 5.97 Å². The van der Waals surface area contributed by atoms with Gasteiger partial charge >= 0.3 is 5.97 Å². The predicted octanol–water partition coefficient (Wildman–Crippen LogP) is 3.77. The van der Waals surface area contributed by atoms with Gasteiger partial charge in [0.2, 0.25) is 0 Å². The summed E-state index contributed by atoms with van der Waals surface area (Å²) in [6.07, 6.45) is -0.0236. The van der Waals surface area contributed by atoms with E-state index in [0.29, 0.717) is 16.3 Å². The Kier molecular flexibility index (Phi) is 4.14. The fourth-order valence-electron chi connectivity index (χ4n) is 1.99. The van der Waals surface area contributed by atoms with Gasteiger partial charge in [-0.05, 0) is 32.4 Å². The van der Waals surface area contributed by atoms with Crippen molar-refractivity contribution in [3.8, 4) is 5.75 Å². The molecular weight excluding hydrogens is 278 g/mol. The van der Waals surface area contributed by atoms with E-state index in [0.717, 1.165) is 10.9 Å². The number of halogens is 1. The van der Waals surface area contributed by atoms with E-state index in [1.54, 1.807) is 12.1 Å². The maximum Gasteiger partial charge on any atom is 0.356 e. The molecule has 0 aliphatic carbocycles. The van der Waals surface area contributed by atoms with Gasteiger partial charge in [-0.25, -0.2) is 9.78 Å². The molecule has 20 heavy (non-hydrogen) atoms. The second-order valence-corrected chi connectivity index (χ2v) is 5.16. The molecular formula is C15H16ClNO3. The van der Waals surface area contributed by atoms with Crippen LogP contribution in [0.5, 0.6) is 5.75 Å². The van der Waals surface area contributed by atoms with Crippen LogP contribution in [0.3, 0.4) is 0 Å². The van der Waals surface area contributed by atoms with Gasteiger partial charge in [-0.3, -0.25) is 0 Å². The fraction of sp³-hybridized carbons (Fsp3) is 0.333. The van der Waals surface area contributed by atoms with E-state index in [-0.39, 0.29) is 11.8 Å². The third-order valence-electron chi connectivity index (χ3n) is 2.84. The van der Waals surface area contributed by atoms with Gasteiger partial charge in [-0.15, -0.1) is 0 Å². The van der Waals surface area contributed by atoms with E-state index in [9.17, 15) is 4.79 Å². The molecule has 5 heteroatoms. The van der Waals surface area contributed by atoms with E-state index in [1.807, 2.05) is 26.8 Å². The van der Waals surface area contributed by atoms with Gasteiger partial charge in [-0.2, -0.15) is 0 Å². The van der Waals surface area contributed by atoms with Crippen molar-refractivity contribution in [3.63, 3.8) is 0 Å². The minimum atomic E-state index is -0.516. The lowest BCUT2D eigenvalue weighted by atomic mass is 10.1. The number of aromatic nitrogens is 1. The molecule has 2 aromatic rings. The Morgan fingerprint density at radius 2 is 2.05 bits per heavy atom. The molecule has 1 aromatic carbocycles.